The summed E-state index contributed by atoms with van der Waals surface area (Å²) in [5.41, 5.74) is 0. The standard InChI is InChI=1S/C38H76N2/c1-4-7-10-13-15-17-19-21-23-25-28-31-34-39-36-37-40(38(39)33-30-27-12-9-6-3)35-32-29-26-24-22-20-18-16-14-11-8-5-2/h36-38H,4-35H2,1-3H3. The van der Waals surface area contributed by atoms with Gasteiger partial charge in [-0.1, -0.05) is 188 Å². The van der Waals surface area contributed by atoms with Gasteiger partial charge in [-0.3, -0.25) is 0 Å². The van der Waals surface area contributed by atoms with Gasteiger partial charge in [0.15, 0.2) is 0 Å². The molecule has 0 aromatic carbocycles. The maximum atomic E-state index is 2.70. The lowest BCUT2D eigenvalue weighted by molar-refractivity contribution is 0.135. The Hall–Kier alpha value is -0.660. The number of hydrogen-bond acceptors (Lipinski definition) is 2. The Balaban J connectivity index is 2.15. The Morgan fingerprint density at radius 1 is 0.325 bits per heavy atom. The van der Waals surface area contributed by atoms with Crippen LogP contribution >= 0.6 is 0 Å². The van der Waals surface area contributed by atoms with E-state index in [9.17, 15) is 0 Å². The van der Waals surface area contributed by atoms with Gasteiger partial charge in [0.2, 0.25) is 0 Å². The quantitative estimate of drug-likeness (QED) is 0.0755. The van der Waals surface area contributed by atoms with Crippen LogP contribution in [0.2, 0.25) is 0 Å². The summed E-state index contributed by atoms with van der Waals surface area (Å²) < 4.78 is 0. The summed E-state index contributed by atoms with van der Waals surface area (Å²) in [6, 6.07) is 0. The highest BCUT2D eigenvalue weighted by molar-refractivity contribution is 4.97. The summed E-state index contributed by atoms with van der Waals surface area (Å²) >= 11 is 0. The van der Waals surface area contributed by atoms with Crippen molar-refractivity contribution in [2.45, 2.75) is 220 Å². The van der Waals surface area contributed by atoms with Crippen molar-refractivity contribution < 1.29 is 0 Å². The second-order valence-corrected chi connectivity index (χ2v) is 13.2. The van der Waals surface area contributed by atoms with Crippen LogP contribution < -0.4 is 0 Å². The monoisotopic (exact) mass is 561 g/mol. The molecule has 0 saturated heterocycles. The van der Waals surface area contributed by atoms with Crippen molar-refractivity contribution >= 4 is 0 Å². The first kappa shape index (κ1) is 37.4. The lowest BCUT2D eigenvalue weighted by Crippen LogP contribution is -2.39. The Kier molecular flexibility index (Phi) is 27.9. The van der Waals surface area contributed by atoms with Gasteiger partial charge in [0.25, 0.3) is 0 Å². The van der Waals surface area contributed by atoms with Crippen LogP contribution in [0.25, 0.3) is 0 Å². The Bertz CT molecular complexity index is 478. The molecule has 0 aromatic heterocycles. The van der Waals surface area contributed by atoms with Crippen LogP contribution in [-0.2, 0) is 0 Å². The van der Waals surface area contributed by atoms with E-state index in [2.05, 4.69) is 43.0 Å². The molecule has 0 aromatic rings. The van der Waals surface area contributed by atoms with E-state index in [1.165, 1.54) is 206 Å². The van der Waals surface area contributed by atoms with Crippen molar-refractivity contribution in [2.24, 2.45) is 0 Å². The summed E-state index contributed by atoms with van der Waals surface area (Å²) in [5.74, 6) is 0. The summed E-state index contributed by atoms with van der Waals surface area (Å²) in [7, 11) is 0. The van der Waals surface area contributed by atoms with Gasteiger partial charge >= 0.3 is 0 Å². The fourth-order valence-electron chi connectivity index (χ4n) is 6.54. The summed E-state index contributed by atoms with van der Waals surface area (Å²) in [4.78, 5) is 5.41. The molecule has 0 amide bonds. The second kappa shape index (κ2) is 29.8. The van der Waals surface area contributed by atoms with Crippen molar-refractivity contribution in [1.29, 1.82) is 0 Å². The molecule has 2 heteroatoms. The molecule has 2 nitrogen and oxygen atoms in total. The van der Waals surface area contributed by atoms with Crippen LogP contribution in [-0.4, -0.2) is 29.1 Å². The smallest absolute Gasteiger partial charge is 0.101 e. The minimum Gasteiger partial charge on any atom is -0.356 e. The zero-order valence-electron chi connectivity index (χ0n) is 28.3. The molecule has 1 aliphatic heterocycles. The zero-order valence-corrected chi connectivity index (χ0v) is 28.3. The van der Waals surface area contributed by atoms with Crippen LogP contribution in [0.5, 0.6) is 0 Å². The second-order valence-electron chi connectivity index (χ2n) is 13.2. The first-order chi connectivity index (χ1) is 19.8. The molecule has 0 aliphatic carbocycles. The molecule has 0 saturated carbocycles. The van der Waals surface area contributed by atoms with Crippen molar-refractivity contribution in [1.82, 2.24) is 9.80 Å². The van der Waals surface area contributed by atoms with Crippen LogP contribution in [0, 0.1) is 0 Å². The number of unbranched alkanes of at least 4 members (excludes halogenated alkanes) is 26. The molecular formula is C38H76N2. The maximum Gasteiger partial charge on any atom is 0.101 e. The maximum absolute atomic E-state index is 2.70. The Labute approximate surface area is 254 Å². The highest BCUT2D eigenvalue weighted by Gasteiger charge is 2.24. The molecule has 0 unspecified atom stereocenters. The highest BCUT2D eigenvalue weighted by Crippen LogP contribution is 2.24. The van der Waals surface area contributed by atoms with Crippen molar-refractivity contribution in [3.05, 3.63) is 12.4 Å². The Morgan fingerprint density at radius 2 is 0.575 bits per heavy atom. The first-order valence-electron chi connectivity index (χ1n) is 19.0. The largest absolute Gasteiger partial charge is 0.356 e. The predicted octanol–water partition coefficient (Wildman–Crippen LogP) is 13.2. The molecule has 0 spiro atoms. The lowest BCUT2D eigenvalue weighted by Gasteiger charge is -2.33. The first-order valence-corrected chi connectivity index (χ1v) is 19.0. The van der Waals surface area contributed by atoms with Gasteiger partial charge in [0.05, 0.1) is 0 Å². The van der Waals surface area contributed by atoms with Gasteiger partial charge in [0.1, 0.15) is 6.17 Å². The fourth-order valence-corrected chi connectivity index (χ4v) is 6.54. The molecule has 238 valence electrons. The van der Waals surface area contributed by atoms with E-state index in [1.807, 2.05) is 0 Å². The number of nitrogens with zero attached hydrogens (tertiary/aromatic N) is 2. The third-order valence-electron chi connectivity index (χ3n) is 9.32. The van der Waals surface area contributed by atoms with E-state index in [4.69, 9.17) is 0 Å². The van der Waals surface area contributed by atoms with Gasteiger partial charge in [-0.05, 0) is 25.7 Å². The van der Waals surface area contributed by atoms with E-state index >= 15 is 0 Å². The molecule has 0 fully saturated rings. The van der Waals surface area contributed by atoms with Gasteiger partial charge in [-0.25, -0.2) is 0 Å². The van der Waals surface area contributed by atoms with Crippen molar-refractivity contribution in [3.8, 4) is 0 Å². The van der Waals surface area contributed by atoms with Crippen molar-refractivity contribution in [3.63, 3.8) is 0 Å². The average Bonchev–Trinajstić information content (AvgIpc) is 3.35. The van der Waals surface area contributed by atoms with Gasteiger partial charge in [-0.2, -0.15) is 0 Å². The molecule has 0 radical (unpaired) electrons. The molecule has 40 heavy (non-hydrogen) atoms. The van der Waals surface area contributed by atoms with Crippen LogP contribution in [0.4, 0.5) is 0 Å². The SMILES string of the molecule is CCCCCCCCCCCCCCN1C=CN(CCCCCCCCCCCCCC)C1CCCCCCC. The molecule has 1 rings (SSSR count). The van der Waals surface area contributed by atoms with Crippen LogP contribution in [0.15, 0.2) is 12.4 Å². The van der Waals surface area contributed by atoms with Gasteiger partial charge < -0.3 is 9.80 Å². The van der Waals surface area contributed by atoms with E-state index < -0.39 is 0 Å². The average molecular weight is 561 g/mol. The zero-order chi connectivity index (χ0) is 28.8. The van der Waals surface area contributed by atoms with Crippen LogP contribution in [0.1, 0.15) is 213 Å². The van der Waals surface area contributed by atoms with Gasteiger partial charge in [-0.15, -0.1) is 0 Å². The minimum atomic E-state index is 0.641. The lowest BCUT2D eigenvalue weighted by atomic mass is 10.0. The van der Waals surface area contributed by atoms with Crippen LogP contribution in [0.3, 0.4) is 0 Å². The topological polar surface area (TPSA) is 6.48 Å². The Morgan fingerprint density at radius 3 is 0.875 bits per heavy atom. The highest BCUT2D eigenvalue weighted by atomic mass is 15.4. The third kappa shape index (κ3) is 22.0. The number of rotatable bonds is 32. The fraction of sp³-hybridized carbons (Fsp3) is 0.947. The normalized spacial score (nSPS) is 13.8. The molecule has 0 atom stereocenters. The van der Waals surface area contributed by atoms with E-state index in [-0.39, 0.29) is 0 Å². The van der Waals surface area contributed by atoms with E-state index in [0.29, 0.717) is 6.17 Å². The third-order valence-corrected chi connectivity index (χ3v) is 9.32. The van der Waals surface area contributed by atoms with E-state index in [0.717, 1.165) is 0 Å². The molecular weight excluding hydrogens is 484 g/mol. The predicted molar refractivity (Wildman–Crippen MR) is 182 cm³/mol. The molecule has 0 bridgehead atoms. The molecule has 1 aliphatic rings. The number of hydrogen-bond donors (Lipinski definition) is 0. The molecule has 1 heterocycles. The summed E-state index contributed by atoms with van der Waals surface area (Å²) in [6.45, 7) is 9.48. The molecule has 0 N–H and O–H groups in total. The summed E-state index contributed by atoms with van der Waals surface area (Å²) in [5, 5.41) is 0. The summed E-state index contributed by atoms with van der Waals surface area (Å²) in [6.07, 6.45) is 48.4. The van der Waals surface area contributed by atoms with E-state index in [1.54, 1.807) is 0 Å². The minimum absolute atomic E-state index is 0.641. The van der Waals surface area contributed by atoms with Gasteiger partial charge in [0, 0.05) is 25.5 Å². The van der Waals surface area contributed by atoms with Crippen molar-refractivity contribution in [2.75, 3.05) is 13.1 Å².